The van der Waals surface area contributed by atoms with Crippen LogP contribution >= 0.6 is 0 Å². The molecule has 1 heterocycles. The maximum absolute atomic E-state index is 9.50. The van der Waals surface area contributed by atoms with Gasteiger partial charge in [0.2, 0.25) is 0 Å². The number of hydrogen-bond acceptors (Lipinski definition) is 4. The number of rotatable bonds is 4. The first-order chi connectivity index (χ1) is 10.3. The van der Waals surface area contributed by atoms with Gasteiger partial charge in [-0.05, 0) is 44.4 Å². The first-order valence-corrected chi connectivity index (χ1v) is 7.09. The maximum Gasteiger partial charge on any atom is 0.137 e. The Bertz CT molecular complexity index is 698. The molecule has 0 aliphatic rings. The SMILES string of the molecule is CC(C)(C#N)c1cccc(C(C)(C)C#N)c1Cn1cncn1. The Morgan fingerprint density at radius 1 is 1.05 bits per heavy atom. The predicted molar refractivity (Wildman–Crippen MR) is 82.8 cm³/mol. The third kappa shape index (κ3) is 2.84. The van der Waals surface area contributed by atoms with Crippen molar-refractivity contribution in [3.05, 3.63) is 47.5 Å². The molecule has 0 fully saturated rings. The molecular weight excluding hydrogens is 274 g/mol. The molecule has 0 saturated carbocycles. The molecule has 0 aliphatic carbocycles. The van der Waals surface area contributed by atoms with Gasteiger partial charge in [-0.1, -0.05) is 18.2 Å². The lowest BCUT2D eigenvalue weighted by Gasteiger charge is -2.27. The van der Waals surface area contributed by atoms with Crippen LogP contribution in [0.5, 0.6) is 0 Å². The molecule has 1 aromatic carbocycles. The highest BCUT2D eigenvalue weighted by molar-refractivity contribution is 5.47. The molecule has 2 aromatic rings. The summed E-state index contributed by atoms with van der Waals surface area (Å²) in [5, 5.41) is 23.1. The fourth-order valence-corrected chi connectivity index (χ4v) is 2.53. The molecule has 22 heavy (non-hydrogen) atoms. The average Bonchev–Trinajstić information content (AvgIpc) is 3.00. The quantitative estimate of drug-likeness (QED) is 0.868. The second-order valence-corrected chi connectivity index (χ2v) is 6.40. The van der Waals surface area contributed by atoms with Crippen molar-refractivity contribution in [2.24, 2.45) is 0 Å². The lowest BCUT2D eigenvalue weighted by atomic mass is 9.76. The number of benzene rings is 1. The smallest absolute Gasteiger partial charge is 0.137 e. The zero-order valence-electron chi connectivity index (χ0n) is 13.3. The van der Waals surface area contributed by atoms with E-state index in [9.17, 15) is 10.5 Å². The van der Waals surface area contributed by atoms with Crippen LogP contribution in [0.2, 0.25) is 0 Å². The largest absolute Gasteiger partial charge is 0.249 e. The monoisotopic (exact) mass is 293 g/mol. The van der Waals surface area contributed by atoms with Crippen LogP contribution in [-0.2, 0) is 17.4 Å². The van der Waals surface area contributed by atoms with Crippen LogP contribution < -0.4 is 0 Å². The Kier molecular flexibility index (Phi) is 4.01. The van der Waals surface area contributed by atoms with Gasteiger partial charge in [-0.15, -0.1) is 0 Å². The van der Waals surface area contributed by atoms with E-state index >= 15 is 0 Å². The normalized spacial score (nSPS) is 11.7. The third-order valence-electron chi connectivity index (χ3n) is 3.87. The molecule has 0 saturated heterocycles. The second kappa shape index (κ2) is 5.61. The predicted octanol–water partition coefficient (Wildman–Crippen LogP) is 2.93. The number of hydrogen-bond donors (Lipinski definition) is 0. The summed E-state index contributed by atoms with van der Waals surface area (Å²) in [4.78, 5) is 3.96. The lowest BCUT2D eigenvalue weighted by molar-refractivity contribution is 0.607. The van der Waals surface area contributed by atoms with Crippen LogP contribution in [0.4, 0.5) is 0 Å². The Morgan fingerprint density at radius 2 is 1.59 bits per heavy atom. The Morgan fingerprint density at radius 3 is 2.00 bits per heavy atom. The van der Waals surface area contributed by atoms with Crippen molar-refractivity contribution in [1.29, 1.82) is 10.5 Å². The van der Waals surface area contributed by atoms with Crippen molar-refractivity contribution in [3.63, 3.8) is 0 Å². The van der Waals surface area contributed by atoms with Gasteiger partial charge in [0.25, 0.3) is 0 Å². The van der Waals surface area contributed by atoms with E-state index < -0.39 is 10.8 Å². The highest BCUT2D eigenvalue weighted by Gasteiger charge is 2.30. The molecule has 0 bridgehead atoms. The van der Waals surface area contributed by atoms with E-state index in [4.69, 9.17) is 0 Å². The minimum Gasteiger partial charge on any atom is -0.249 e. The first kappa shape index (κ1) is 15.7. The van der Waals surface area contributed by atoms with Gasteiger partial charge in [0, 0.05) is 0 Å². The van der Waals surface area contributed by atoms with Crippen molar-refractivity contribution in [1.82, 2.24) is 14.8 Å². The molecule has 0 spiro atoms. The highest BCUT2D eigenvalue weighted by Crippen LogP contribution is 2.34. The van der Waals surface area contributed by atoms with Gasteiger partial charge in [-0.2, -0.15) is 15.6 Å². The summed E-state index contributed by atoms with van der Waals surface area (Å²) in [6.07, 6.45) is 3.12. The topological polar surface area (TPSA) is 78.3 Å². The Hall–Kier alpha value is -2.66. The molecule has 5 heteroatoms. The Balaban J connectivity index is 2.69. The van der Waals surface area contributed by atoms with Gasteiger partial charge in [0.15, 0.2) is 0 Å². The van der Waals surface area contributed by atoms with Crippen molar-refractivity contribution in [2.45, 2.75) is 45.1 Å². The van der Waals surface area contributed by atoms with Crippen molar-refractivity contribution >= 4 is 0 Å². The van der Waals surface area contributed by atoms with Gasteiger partial charge >= 0.3 is 0 Å². The van der Waals surface area contributed by atoms with Crippen LogP contribution in [-0.4, -0.2) is 14.8 Å². The molecule has 1 aromatic heterocycles. The molecule has 0 unspecified atom stereocenters. The van der Waals surface area contributed by atoms with E-state index in [-0.39, 0.29) is 0 Å². The van der Waals surface area contributed by atoms with Crippen LogP contribution in [0.25, 0.3) is 0 Å². The van der Waals surface area contributed by atoms with Crippen LogP contribution in [0.15, 0.2) is 30.9 Å². The number of nitriles is 2. The van der Waals surface area contributed by atoms with E-state index in [2.05, 4.69) is 22.2 Å². The number of aromatic nitrogens is 3. The van der Waals surface area contributed by atoms with E-state index in [0.717, 1.165) is 16.7 Å². The second-order valence-electron chi connectivity index (χ2n) is 6.40. The van der Waals surface area contributed by atoms with Gasteiger partial charge < -0.3 is 0 Å². The average molecular weight is 293 g/mol. The third-order valence-corrected chi connectivity index (χ3v) is 3.87. The molecule has 5 nitrogen and oxygen atoms in total. The summed E-state index contributed by atoms with van der Waals surface area (Å²) < 4.78 is 1.71. The summed E-state index contributed by atoms with van der Waals surface area (Å²) in [5.41, 5.74) is 1.53. The van der Waals surface area contributed by atoms with E-state index in [1.165, 1.54) is 6.33 Å². The van der Waals surface area contributed by atoms with Crippen molar-refractivity contribution in [2.75, 3.05) is 0 Å². The minimum absolute atomic E-state index is 0.488. The van der Waals surface area contributed by atoms with Crippen molar-refractivity contribution in [3.8, 4) is 12.1 Å². The minimum atomic E-state index is -0.641. The van der Waals surface area contributed by atoms with Gasteiger partial charge in [-0.3, -0.25) is 0 Å². The molecule has 2 rings (SSSR count). The fraction of sp³-hybridized carbons (Fsp3) is 0.412. The molecule has 0 aliphatic heterocycles. The summed E-state index contributed by atoms with van der Waals surface area (Å²) in [6.45, 7) is 8.03. The molecule has 0 atom stereocenters. The van der Waals surface area contributed by atoms with Crippen LogP contribution in [0.1, 0.15) is 44.4 Å². The molecule has 112 valence electrons. The molecular formula is C17H19N5. The number of nitrogens with zero attached hydrogens (tertiary/aromatic N) is 5. The molecule has 0 N–H and O–H groups in total. The molecule has 0 radical (unpaired) electrons. The molecule has 0 amide bonds. The van der Waals surface area contributed by atoms with E-state index in [1.807, 2.05) is 45.9 Å². The summed E-state index contributed by atoms with van der Waals surface area (Å²) in [7, 11) is 0. The zero-order chi connectivity index (χ0) is 16.4. The van der Waals surface area contributed by atoms with Gasteiger partial charge in [0.1, 0.15) is 12.7 Å². The fourth-order valence-electron chi connectivity index (χ4n) is 2.53. The standard InChI is InChI=1S/C17H19N5/c1-16(2,9-18)14-6-5-7-15(17(3,4)10-19)13(14)8-22-12-20-11-21-22/h5-7,11-12H,8H2,1-4H3. The van der Waals surface area contributed by atoms with Crippen molar-refractivity contribution < 1.29 is 0 Å². The zero-order valence-corrected chi connectivity index (χ0v) is 13.3. The van der Waals surface area contributed by atoms with Crippen LogP contribution in [0, 0.1) is 22.7 Å². The van der Waals surface area contributed by atoms with E-state index in [0.29, 0.717) is 6.54 Å². The lowest BCUT2D eigenvalue weighted by Crippen LogP contribution is -2.24. The van der Waals surface area contributed by atoms with Crippen LogP contribution in [0.3, 0.4) is 0 Å². The maximum atomic E-state index is 9.50. The summed E-state index contributed by atoms with van der Waals surface area (Å²) >= 11 is 0. The van der Waals surface area contributed by atoms with Gasteiger partial charge in [0.05, 0.1) is 29.5 Å². The summed E-state index contributed by atoms with van der Waals surface area (Å²) in [5.74, 6) is 0. The Labute approximate surface area is 130 Å². The first-order valence-electron chi connectivity index (χ1n) is 7.09. The van der Waals surface area contributed by atoms with E-state index in [1.54, 1.807) is 11.0 Å². The highest BCUT2D eigenvalue weighted by atomic mass is 15.3. The summed E-state index contributed by atoms with van der Waals surface area (Å²) in [6, 6.07) is 10.5. The van der Waals surface area contributed by atoms with Gasteiger partial charge in [-0.25, -0.2) is 9.67 Å².